The first-order chi connectivity index (χ1) is 13.0. The Kier molecular flexibility index (Phi) is 6.70. The maximum atomic E-state index is 13.0. The Hall–Kier alpha value is -2.15. The lowest BCUT2D eigenvalue weighted by Crippen LogP contribution is -2.30. The van der Waals surface area contributed by atoms with Crippen LogP contribution in [0.4, 0.5) is 0 Å². The number of aromatic nitrogens is 1. The average Bonchev–Trinajstić information content (AvgIpc) is 2.55. The van der Waals surface area contributed by atoms with Gasteiger partial charge in [-0.15, -0.1) is 0 Å². The highest BCUT2D eigenvalue weighted by molar-refractivity contribution is 6.44. The van der Waals surface area contributed by atoms with Gasteiger partial charge >= 0.3 is 11.9 Å². The van der Waals surface area contributed by atoms with Crippen LogP contribution in [0.5, 0.6) is 0 Å². The van der Waals surface area contributed by atoms with Crippen molar-refractivity contribution >= 4 is 35.1 Å². The Morgan fingerprint density at radius 2 is 1.75 bits per heavy atom. The molecule has 150 valence electrons. The third-order valence-corrected chi connectivity index (χ3v) is 5.10. The number of aromatic carboxylic acids is 1. The maximum absolute atomic E-state index is 13.0. The summed E-state index contributed by atoms with van der Waals surface area (Å²) < 4.78 is 5.54. The third kappa shape index (κ3) is 4.46. The largest absolute Gasteiger partial charge is 0.478 e. The van der Waals surface area contributed by atoms with Gasteiger partial charge in [-0.05, 0) is 33.8 Å². The first-order valence-electron chi connectivity index (χ1n) is 8.53. The number of hydrogen-bond donors (Lipinski definition) is 2. The molecule has 0 unspecified atom stereocenters. The number of esters is 1. The van der Waals surface area contributed by atoms with Crippen molar-refractivity contribution in [2.24, 2.45) is 0 Å². The lowest BCUT2D eigenvalue weighted by Gasteiger charge is -2.26. The topological polar surface area (TPSA) is 96.7 Å². The number of carboxylic acids is 1. The highest BCUT2D eigenvalue weighted by Crippen LogP contribution is 2.39. The molecule has 0 saturated heterocycles. The second kappa shape index (κ2) is 8.47. The van der Waals surface area contributed by atoms with Gasteiger partial charge < -0.3 is 14.9 Å². The van der Waals surface area contributed by atoms with Crippen molar-refractivity contribution in [2.75, 3.05) is 6.61 Å². The van der Waals surface area contributed by atoms with Crippen LogP contribution in [0.2, 0.25) is 10.0 Å². The first-order valence-corrected chi connectivity index (χ1v) is 9.29. The number of benzene rings is 1. The monoisotopic (exact) mass is 425 g/mol. The van der Waals surface area contributed by atoms with Crippen LogP contribution in [0, 0.1) is 13.8 Å². The molecule has 0 aliphatic rings. The molecule has 0 radical (unpaired) electrons. The minimum absolute atomic E-state index is 0.00168. The summed E-state index contributed by atoms with van der Waals surface area (Å²) in [5.74, 6) is -2.00. The minimum Gasteiger partial charge on any atom is -0.478 e. The number of aryl methyl sites for hydroxylation is 2. The van der Waals surface area contributed by atoms with Crippen molar-refractivity contribution in [1.82, 2.24) is 4.98 Å². The summed E-state index contributed by atoms with van der Waals surface area (Å²) in [6, 6.07) is 4.77. The number of carbonyl (C=O) groups excluding carboxylic acids is 1. The van der Waals surface area contributed by atoms with Crippen molar-refractivity contribution in [2.45, 2.75) is 39.7 Å². The molecule has 0 fully saturated rings. The smallest absolute Gasteiger partial charge is 0.341 e. The van der Waals surface area contributed by atoms with Gasteiger partial charge in [-0.3, -0.25) is 4.98 Å². The van der Waals surface area contributed by atoms with Crippen LogP contribution in [0.15, 0.2) is 18.2 Å². The third-order valence-electron chi connectivity index (χ3n) is 4.28. The molecule has 2 N–H and O–H groups in total. The van der Waals surface area contributed by atoms with Crippen LogP contribution in [0.1, 0.15) is 52.4 Å². The number of carboxylic acid groups (broad SMARTS) is 1. The predicted octanol–water partition coefficient (Wildman–Crippen LogP) is 4.69. The zero-order valence-corrected chi connectivity index (χ0v) is 17.5. The van der Waals surface area contributed by atoms with E-state index < -0.39 is 17.5 Å². The van der Waals surface area contributed by atoms with E-state index in [1.165, 1.54) is 0 Å². The molecule has 6 nitrogen and oxygen atoms in total. The summed E-state index contributed by atoms with van der Waals surface area (Å²) >= 11 is 12.5. The molecule has 2 rings (SSSR count). The van der Waals surface area contributed by atoms with E-state index in [4.69, 9.17) is 27.9 Å². The van der Waals surface area contributed by atoms with E-state index in [0.29, 0.717) is 11.3 Å². The molecule has 8 heteroatoms. The number of nitrogens with zero attached hydrogens (tertiary/aromatic N) is 1. The quantitative estimate of drug-likeness (QED) is 0.651. The zero-order chi connectivity index (χ0) is 21.2. The van der Waals surface area contributed by atoms with E-state index in [1.807, 2.05) is 0 Å². The molecule has 0 atom stereocenters. The van der Waals surface area contributed by atoms with E-state index in [0.717, 1.165) is 0 Å². The summed E-state index contributed by atoms with van der Waals surface area (Å²) in [5, 5.41) is 19.3. The van der Waals surface area contributed by atoms with Crippen LogP contribution in [0.3, 0.4) is 0 Å². The summed E-state index contributed by atoms with van der Waals surface area (Å²) in [4.78, 5) is 29.2. The van der Waals surface area contributed by atoms with Gasteiger partial charge in [0.2, 0.25) is 0 Å². The SMILES string of the molecule is Cc1nc(C)c(C(=O)OC(C)(C)CCO)c(-c2cccc(Cl)c2Cl)c1C(=O)O. The van der Waals surface area contributed by atoms with Crippen molar-refractivity contribution in [3.05, 3.63) is 50.8 Å². The summed E-state index contributed by atoms with van der Waals surface area (Å²) in [6.45, 7) is 6.28. The number of hydrogen-bond acceptors (Lipinski definition) is 5. The predicted molar refractivity (Wildman–Crippen MR) is 107 cm³/mol. The normalized spacial score (nSPS) is 11.4. The molecule has 1 aromatic heterocycles. The van der Waals surface area contributed by atoms with Gasteiger partial charge in [0.25, 0.3) is 0 Å². The van der Waals surface area contributed by atoms with Gasteiger partial charge in [0, 0.05) is 24.2 Å². The fraction of sp³-hybridized carbons (Fsp3) is 0.350. The molecule has 2 aromatic rings. The van der Waals surface area contributed by atoms with Gasteiger partial charge in [-0.2, -0.15) is 0 Å². The summed E-state index contributed by atoms with van der Waals surface area (Å²) in [6.07, 6.45) is 0.218. The van der Waals surface area contributed by atoms with E-state index in [9.17, 15) is 19.8 Å². The van der Waals surface area contributed by atoms with E-state index >= 15 is 0 Å². The highest BCUT2D eigenvalue weighted by Gasteiger charge is 2.31. The Labute approximate surface area is 173 Å². The molecule has 28 heavy (non-hydrogen) atoms. The number of ether oxygens (including phenoxy) is 1. The van der Waals surface area contributed by atoms with Gasteiger partial charge in [-0.25, -0.2) is 9.59 Å². The Bertz CT molecular complexity index is 941. The number of aliphatic hydroxyl groups is 1. The van der Waals surface area contributed by atoms with Crippen molar-refractivity contribution in [3.8, 4) is 11.1 Å². The van der Waals surface area contributed by atoms with Crippen molar-refractivity contribution in [1.29, 1.82) is 0 Å². The van der Waals surface area contributed by atoms with Gasteiger partial charge in [-0.1, -0.05) is 35.3 Å². The molecule has 0 aliphatic carbocycles. The molecule has 0 saturated carbocycles. The molecule has 0 spiro atoms. The number of halogens is 2. The maximum Gasteiger partial charge on any atom is 0.341 e. The number of aliphatic hydroxyl groups excluding tert-OH is 1. The van der Waals surface area contributed by atoms with Crippen LogP contribution in [0.25, 0.3) is 11.1 Å². The lowest BCUT2D eigenvalue weighted by molar-refractivity contribution is -0.0106. The van der Waals surface area contributed by atoms with Crippen molar-refractivity contribution in [3.63, 3.8) is 0 Å². The van der Waals surface area contributed by atoms with Crippen LogP contribution < -0.4 is 0 Å². The van der Waals surface area contributed by atoms with Gasteiger partial charge in [0.15, 0.2) is 0 Å². The highest BCUT2D eigenvalue weighted by atomic mass is 35.5. The Morgan fingerprint density at radius 1 is 1.14 bits per heavy atom. The molecule has 0 bridgehead atoms. The second-order valence-corrected chi connectivity index (χ2v) is 7.72. The fourth-order valence-electron chi connectivity index (χ4n) is 2.95. The lowest BCUT2D eigenvalue weighted by atomic mass is 9.92. The average molecular weight is 426 g/mol. The molecule has 0 amide bonds. The fourth-order valence-corrected chi connectivity index (χ4v) is 3.35. The van der Waals surface area contributed by atoms with Gasteiger partial charge in [0.05, 0.1) is 32.6 Å². The molecule has 0 aliphatic heterocycles. The van der Waals surface area contributed by atoms with E-state index in [-0.39, 0.29) is 45.5 Å². The zero-order valence-electron chi connectivity index (χ0n) is 16.0. The van der Waals surface area contributed by atoms with Crippen molar-refractivity contribution < 1.29 is 24.5 Å². The molecular weight excluding hydrogens is 405 g/mol. The standard InChI is InChI=1S/C20H21Cl2NO5/c1-10-14(18(25)26)16(12-6-5-7-13(21)17(12)22)15(11(2)23-10)19(27)28-20(3,4)8-9-24/h5-7,24H,8-9H2,1-4H3,(H,25,26). The van der Waals surface area contributed by atoms with E-state index in [1.54, 1.807) is 45.9 Å². The van der Waals surface area contributed by atoms with Crippen LogP contribution in [-0.4, -0.2) is 39.3 Å². The minimum atomic E-state index is -1.25. The van der Waals surface area contributed by atoms with E-state index in [2.05, 4.69) is 4.98 Å². The number of pyridine rings is 1. The number of carbonyl (C=O) groups is 2. The second-order valence-electron chi connectivity index (χ2n) is 6.94. The number of rotatable bonds is 6. The summed E-state index contributed by atoms with van der Waals surface area (Å²) in [7, 11) is 0. The molecule has 1 aromatic carbocycles. The Balaban J connectivity index is 2.82. The molecule has 1 heterocycles. The van der Waals surface area contributed by atoms with Crippen LogP contribution in [-0.2, 0) is 4.74 Å². The Morgan fingerprint density at radius 3 is 2.32 bits per heavy atom. The molecular formula is C20H21Cl2NO5. The first kappa shape index (κ1) is 22.1. The van der Waals surface area contributed by atoms with Crippen LogP contribution >= 0.6 is 23.2 Å². The summed E-state index contributed by atoms with van der Waals surface area (Å²) in [5.41, 5.74) is -0.163. The van der Waals surface area contributed by atoms with Gasteiger partial charge in [0.1, 0.15) is 5.60 Å².